The molecule has 0 aromatic carbocycles. The second kappa shape index (κ2) is 5.73. The first-order valence-electron chi connectivity index (χ1n) is 6.21. The van der Waals surface area contributed by atoms with E-state index in [4.69, 9.17) is 0 Å². The van der Waals surface area contributed by atoms with Crippen LogP contribution in [0.1, 0.15) is 45.7 Å². The summed E-state index contributed by atoms with van der Waals surface area (Å²) in [7, 11) is 2.40. The lowest BCUT2D eigenvalue weighted by Gasteiger charge is -2.10. The molecule has 0 aliphatic heterocycles. The van der Waals surface area contributed by atoms with Crippen LogP contribution in [0.4, 0.5) is 0 Å². The zero-order valence-corrected chi connectivity index (χ0v) is 11.3. The zero-order chi connectivity index (χ0) is 14.7. The van der Waals surface area contributed by atoms with Crippen LogP contribution in [0.3, 0.4) is 0 Å². The number of aromatic nitrogens is 1. The van der Waals surface area contributed by atoms with Crippen molar-refractivity contribution in [2.75, 3.05) is 14.2 Å². The second-order valence-electron chi connectivity index (χ2n) is 4.42. The van der Waals surface area contributed by atoms with Gasteiger partial charge in [0.05, 0.1) is 19.8 Å². The van der Waals surface area contributed by atoms with Gasteiger partial charge in [0.2, 0.25) is 5.69 Å². The molecule has 0 radical (unpaired) electrons. The van der Waals surface area contributed by atoms with Crippen LogP contribution in [0.15, 0.2) is 18.3 Å². The minimum Gasteiger partial charge on any atom is -0.618 e. The van der Waals surface area contributed by atoms with Crippen molar-refractivity contribution in [3.05, 3.63) is 40.4 Å². The van der Waals surface area contributed by atoms with Gasteiger partial charge in [-0.25, -0.2) is 9.59 Å². The quantitative estimate of drug-likeness (QED) is 0.475. The van der Waals surface area contributed by atoms with Crippen molar-refractivity contribution >= 4 is 17.5 Å². The Labute approximate surface area is 116 Å². The maximum atomic E-state index is 12.0. The number of carbonyl (C=O) groups excluding carboxylic acids is 2. The van der Waals surface area contributed by atoms with Crippen LogP contribution in [0, 0.1) is 5.21 Å². The molecule has 0 amide bonds. The smallest absolute Gasteiger partial charge is 0.344 e. The van der Waals surface area contributed by atoms with Gasteiger partial charge in [-0.3, -0.25) is 0 Å². The minimum atomic E-state index is -0.748. The van der Waals surface area contributed by atoms with Crippen LogP contribution in [-0.4, -0.2) is 26.2 Å². The van der Waals surface area contributed by atoms with Crippen LogP contribution >= 0.6 is 0 Å². The summed E-state index contributed by atoms with van der Waals surface area (Å²) >= 11 is 0. The lowest BCUT2D eigenvalue weighted by atomic mass is 10.0. The van der Waals surface area contributed by atoms with Gasteiger partial charge in [-0.2, -0.15) is 4.73 Å². The highest BCUT2D eigenvalue weighted by Crippen LogP contribution is 2.26. The Morgan fingerprint density at radius 1 is 1.20 bits per heavy atom. The third kappa shape index (κ3) is 2.49. The second-order valence-corrected chi connectivity index (χ2v) is 4.42. The molecule has 6 nitrogen and oxygen atoms in total. The Balaban J connectivity index is 2.57. The molecule has 20 heavy (non-hydrogen) atoms. The van der Waals surface area contributed by atoms with Crippen LogP contribution in [-0.2, 0) is 9.47 Å². The van der Waals surface area contributed by atoms with Crippen molar-refractivity contribution in [3.8, 4) is 0 Å². The van der Waals surface area contributed by atoms with Gasteiger partial charge in [-0.15, -0.1) is 0 Å². The maximum absolute atomic E-state index is 12.0. The molecular weight excluding hydrogens is 262 g/mol. The molecule has 106 valence electrons. The third-order valence-corrected chi connectivity index (χ3v) is 3.24. The molecule has 0 saturated heterocycles. The summed E-state index contributed by atoms with van der Waals surface area (Å²) in [5.41, 5.74) is 1.18. The molecule has 0 atom stereocenters. The Morgan fingerprint density at radius 2 is 1.85 bits per heavy atom. The van der Waals surface area contributed by atoms with Gasteiger partial charge in [-0.1, -0.05) is 6.08 Å². The summed E-state index contributed by atoms with van der Waals surface area (Å²) in [6.45, 7) is 0. The fourth-order valence-corrected chi connectivity index (χ4v) is 2.22. The van der Waals surface area contributed by atoms with E-state index < -0.39 is 11.9 Å². The summed E-state index contributed by atoms with van der Waals surface area (Å²) in [4.78, 5) is 23.4. The van der Waals surface area contributed by atoms with E-state index in [9.17, 15) is 14.8 Å². The number of hydrogen-bond acceptors (Lipinski definition) is 5. The van der Waals surface area contributed by atoms with E-state index in [2.05, 4.69) is 9.47 Å². The lowest BCUT2D eigenvalue weighted by Crippen LogP contribution is -2.34. The first kappa shape index (κ1) is 14.0. The van der Waals surface area contributed by atoms with Gasteiger partial charge in [0.1, 0.15) is 5.56 Å². The Bertz CT molecular complexity index is 591. The van der Waals surface area contributed by atoms with E-state index in [1.807, 2.05) is 6.08 Å². The molecule has 0 fully saturated rings. The van der Waals surface area contributed by atoms with Gasteiger partial charge in [0.15, 0.2) is 6.20 Å². The van der Waals surface area contributed by atoms with Crippen molar-refractivity contribution in [2.24, 2.45) is 0 Å². The predicted octanol–water partition coefficient (Wildman–Crippen LogP) is 1.46. The van der Waals surface area contributed by atoms with E-state index >= 15 is 0 Å². The van der Waals surface area contributed by atoms with E-state index in [1.165, 1.54) is 20.3 Å². The van der Waals surface area contributed by atoms with Crippen LogP contribution in [0.25, 0.3) is 5.57 Å². The summed E-state index contributed by atoms with van der Waals surface area (Å²) in [6, 6.07) is 1.39. The van der Waals surface area contributed by atoms with Gasteiger partial charge >= 0.3 is 11.9 Å². The number of esters is 2. The minimum absolute atomic E-state index is 0.0363. The first-order chi connectivity index (χ1) is 9.58. The fourth-order valence-electron chi connectivity index (χ4n) is 2.22. The predicted molar refractivity (Wildman–Crippen MR) is 69.9 cm³/mol. The number of nitrogens with zero attached hydrogens (tertiary/aromatic N) is 1. The Morgan fingerprint density at radius 3 is 2.40 bits per heavy atom. The lowest BCUT2D eigenvalue weighted by molar-refractivity contribution is -0.608. The summed E-state index contributed by atoms with van der Waals surface area (Å²) in [5.74, 6) is -1.42. The molecular formula is C14H15NO5. The molecule has 0 saturated carbocycles. The molecule has 0 N–H and O–H groups in total. The number of hydrogen-bond donors (Lipinski definition) is 0. The van der Waals surface area contributed by atoms with Gasteiger partial charge < -0.3 is 14.7 Å². The topological polar surface area (TPSA) is 79.5 Å². The molecule has 1 heterocycles. The average Bonchev–Trinajstić information content (AvgIpc) is 2.99. The highest BCUT2D eigenvalue weighted by atomic mass is 16.5. The largest absolute Gasteiger partial charge is 0.618 e. The Hall–Kier alpha value is -2.37. The van der Waals surface area contributed by atoms with Gasteiger partial charge in [0, 0.05) is 11.6 Å². The summed E-state index contributed by atoms with van der Waals surface area (Å²) in [6.07, 6.45) is 5.68. The normalized spacial score (nSPS) is 13.8. The fraction of sp³-hybridized carbons (Fsp3) is 0.357. The average molecular weight is 277 g/mol. The summed E-state index contributed by atoms with van der Waals surface area (Å²) in [5, 5.41) is 12.0. The van der Waals surface area contributed by atoms with Gasteiger partial charge in [-0.05, 0) is 19.3 Å². The van der Waals surface area contributed by atoms with Crippen molar-refractivity contribution < 1.29 is 23.8 Å². The van der Waals surface area contributed by atoms with E-state index in [1.54, 1.807) is 0 Å². The monoisotopic (exact) mass is 277 g/mol. The Kier molecular flexibility index (Phi) is 4.02. The van der Waals surface area contributed by atoms with Crippen molar-refractivity contribution in [3.63, 3.8) is 0 Å². The molecule has 0 spiro atoms. The van der Waals surface area contributed by atoms with Crippen LogP contribution in [0.2, 0.25) is 0 Å². The van der Waals surface area contributed by atoms with Gasteiger partial charge in [0.25, 0.3) is 0 Å². The van der Waals surface area contributed by atoms with Crippen molar-refractivity contribution in [2.45, 2.75) is 19.3 Å². The molecule has 1 aliphatic carbocycles. The van der Waals surface area contributed by atoms with E-state index in [0.717, 1.165) is 31.0 Å². The number of ether oxygens (including phenoxy) is 2. The molecule has 1 aromatic heterocycles. The molecule has 1 aliphatic rings. The molecule has 0 unspecified atom stereocenters. The van der Waals surface area contributed by atoms with E-state index in [-0.39, 0.29) is 11.1 Å². The molecule has 6 heteroatoms. The van der Waals surface area contributed by atoms with E-state index in [0.29, 0.717) is 10.4 Å². The maximum Gasteiger partial charge on any atom is 0.344 e. The zero-order valence-electron chi connectivity index (χ0n) is 11.3. The third-order valence-electron chi connectivity index (χ3n) is 3.24. The molecule has 1 aromatic rings. The number of methoxy groups -OCH3 is 2. The summed E-state index contributed by atoms with van der Waals surface area (Å²) < 4.78 is 9.82. The first-order valence-corrected chi connectivity index (χ1v) is 6.21. The van der Waals surface area contributed by atoms with Crippen molar-refractivity contribution in [1.29, 1.82) is 0 Å². The van der Waals surface area contributed by atoms with Crippen LogP contribution in [0.5, 0.6) is 0 Å². The molecule has 2 rings (SSSR count). The number of carbonyl (C=O) groups is 2. The SMILES string of the molecule is COC(=O)c1cc(C2=CCCC2)[n+]([O-])cc1C(=O)OC. The highest BCUT2D eigenvalue weighted by Gasteiger charge is 2.26. The number of pyridine rings is 1. The number of rotatable bonds is 3. The number of allylic oxidation sites excluding steroid dienone is 2. The highest BCUT2D eigenvalue weighted by molar-refractivity contribution is 6.03. The molecule has 0 bridgehead atoms. The standard InChI is InChI=1S/C14H15NO5/c1-19-13(16)10-7-12(9-5-3-4-6-9)15(18)8-11(10)14(17)20-2/h5,7-8H,3-4,6H2,1-2H3. The van der Waals surface area contributed by atoms with Crippen molar-refractivity contribution in [1.82, 2.24) is 0 Å². The van der Waals surface area contributed by atoms with Crippen LogP contribution < -0.4 is 4.73 Å².